The number of carbonyl (C=O) groups is 1. The number of halogens is 1. The van der Waals surface area contributed by atoms with Crippen molar-refractivity contribution in [2.75, 3.05) is 13.2 Å². The standard InChI is InChI=1S/C26H28ClN5O4/c27-21-19(29-25-30-22(31-32(25)24(21)35)17-8-2-1-3-9-17)14-36-20-11-5-4-10-18(20)23(34)28-15-26(16-33)12-6-7-13-26/h2,4-5,8-11,33H,1,3,6-7,12-16H2,(H,28,34)(H,29,30,31). The van der Waals surface area contributed by atoms with Crippen LogP contribution in [0, 0.1) is 5.41 Å². The van der Waals surface area contributed by atoms with Crippen LogP contribution in [-0.2, 0) is 6.61 Å². The van der Waals surface area contributed by atoms with E-state index >= 15 is 0 Å². The quantitative estimate of drug-likeness (QED) is 0.426. The van der Waals surface area contributed by atoms with E-state index in [1.807, 2.05) is 18.2 Å². The van der Waals surface area contributed by atoms with Crippen LogP contribution in [0.2, 0.25) is 5.02 Å². The van der Waals surface area contributed by atoms with E-state index in [1.165, 1.54) is 0 Å². The van der Waals surface area contributed by atoms with Gasteiger partial charge in [-0.15, -0.1) is 5.10 Å². The van der Waals surface area contributed by atoms with Crippen molar-refractivity contribution in [1.29, 1.82) is 0 Å². The highest BCUT2D eigenvalue weighted by atomic mass is 35.5. The number of para-hydroxylation sites is 1. The molecule has 1 amide bonds. The molecule has 2 aliphatic carbocycles. The van der Waals surface area contributed by atoms with Crippen molar-refractivity contribution in [3.63, 3.8) is 0 Å². The summed E-state index contributed by atoms with van der Waals surface area (Å²) in [4.78, 5) is 33.3. The van der Waals surface area contributed by atoms with Crippen LogP contribution in [0.15, 0.2) is 47.3 Å². The number of H-pyrrole nitrogens is 1. The maximum Gasteiger partial charge on any atom is 0.294 e. The van der Waals surface area contributed by atoms with E-state index < -0.39 is 5.56 Å². The molecule has 5 rings (SSSR count). The monoisotopic (exact) mass is 509 g/mol. The van der Waals surface area contributed by atoms with Crippen molar-refractivity contribution in [3.8, 4) is 5.75 Å². The molecule has 0 saturated heterocycles. The van der Waals surface area contributed by atoms with Crippen LogP contribution in [0.5, 0.6) is 5.75 Å². The average Bonchev–Trinajstić information content (AvgIpc) is 3.57. The van der Waals surface area contributed by atoms with Gasteiger partial charge in [0.05, 0.1) is 17.9 Å². The molecule has 188 valence electrons. The van der Waals surface area contributed by atoms with Gasteiger partial charge in [0.15, 0.2) is 5.82 Å². The van der Waals surface area contributed by atoms with E-state index in [0.29, 0.717) is 29.4 Å². The van der Waals surface area contributed by atoms with Crippen LogP contribution in [0.4, 0.5) is 0 Å². The Hall–Kier alpha value is -3.43. The summed E-state index contributed by atoms with van der Waals surface area (Å²) in [6, 6.07) is 6.89. The lowest BCUT2D eigenvalue weighted by atomic mass is 9.87. The minimum Gasteiger partial charge on any atom is -0.486 e. The number of amides is 1. The summed E-state index contributed by atoms with van der Waals surface area (Å²) >= 11 is 6.35. The van der Waals surface area contributed by atoms with Gasteiger partial charge in [-0.3, -0.25) is 9.59 Å². The molecule has 10 heteroatoms. The number of fused-ring (bicyclic) bond motifs is 1. The molecule has 3 aromatic rings. The molecule has 1 fully saturated rings. The van der Waals surface area contributed by atoms with E-state index in [1.54, 1.807) is 24.3 Å². The van der Waals surface area contributed by atoms with Crippen LogP contribution in [0.25, 0.3) is 11.4 Å². The van der Waals surface area contributed by atoms with Gasteiger partial charge in [0.2, 0.25) is 5.78 Å². The summed E-state index contributed by atoms with van der Waals surface area (Å²) in [6.07, 6.45) is 11.8. The molecule has 2 aliphatic rings. The second-order valence-corrected chi connectivity index (χ2v) is 9.74. The van der Waals surface area contributed by atoms with E-state index in [4.69, 9.17) is 16.3 Å². The molecule has 0 atom stereocenters. The number of aliphatic hydroxyl groups is 1. The summed E-state index contributed by atoms with van der Waals surface area (Å²) in [5.74, 6) is 0.778. The molecular formula is C26H28ClN5O4. The first kappa shape index (κ1) is 24.3. The molecule has 1 saturated carbocycles. The fourth-order valence-corrected chi connectivity index (χ4v) is 4.94. The summed E-state index contributed by atoms with van der Waals surface area (Å²) in [5, 5.41) is 17.0. The molecule has 0 spiro atoms. The van der Waals surface area contributed by atoms with Crippen molar-refractivity contribution in [3.05, 3.63) is 75.0 Å². The lowest BCUT2D eigenvalue weighted by molar-refractivity contribution is 0.0876. The van der Waals surface area contributed by atoms with E-state index in [0.717, 1.165) is 48.6 Å². The third-order valence-electron chi connectivity index (χ3n) is 6.90. The zero-order chi connectivity index (χ0) is 25.1. The van der Waals surface area contributed by atoms with E-state index in [9.17, 15) is 14.7 Å². The van der Waals surface area contributed by atoms with Gasteiger partial charge in [-0.25, -0.2) is 0 Å². The first-order chi connectivity index (χ1) is 17.5. The maximum absolute atomic E-state index is 13.0. The van der Waals surface area contributed by atoms with Crippen LogP contribution in [0.1, 0.15) is 60.4 Å². The van der Waals surface area contributed by atoms with Crippen LogP contribution in [0.3, 0.4) is 0 Å². The molecule has 2 heterocycles. The van der Waals surface area contributed by atoms with Gasteiger partial charge >= 0.3 is 0 Å². The number of carbonyl (C=O) groups excluding carboxylic acids is 1. The smallest absolute Gasteiger partial charge is 0.294 e. The van der Waals surface area contributed by atoms with Crippen molar-refractivity contribution < 1.29 is 14.6 Å². The second kappa shape index (κ2) is 10.3. The molecule has 3 N–H and O–H groups in total. The highest BCUT2D eigenvalue weighted by Crippen LogP contribution is 2.37. The van der Waals surface area contributed by atoms with Gasteiger partial charge in [0.25, 0.3) is 11.5 Å². The van der Waals surface area contributed by atoms with Crippen molar-refractivity contribution in [2.45, 2.75) is 45.1 Å². The number of aromatic nitrogens is 4. The fraction of sp³-hybridized carbons (Fsp3) is 0.385. The number of rotatable bonds is 8. The first-order valence-electron chi connectivity index (χ1n) is 12.2. The van der Waals surface area contributed by atoms with Crippen molar-refractivity contribution >= 4 is 28.9 Å². The number of allylic oxidation sites excluding steroid dienone is 4. The van der Waals surface area contributed by atoms with Gasteiger partial charge in [0, 0.05) is 17.5 Å². The van der Waals surface area contributed by atoms with Crippen LogP contribution >= 0.6 is 11.6 Å². The summed E-state index contributed by atoms with van der Waals surface area (Å²) in [5.41, 5.74) is 0.798. The largest absolute Gasteiger partial charge is 0.486 e. The number of hydrogen-bond acceptors (Lipinski definition) is 6. The molecule has 0 aliphatic heterocycles. The Balaban J connectivity index is 1.34. The topological polar surface area (TPSA) is 122 Å². The summed E-state index contributed by atoms with van der Waals surface area (Å²) < 4.78 is 7.08. The van der Waals surface area contributed by atoms with Gasteiger partial charge in [-0.1, -0.05) is 54.8 Å². The van der Waals surface area contributed by atoms with Gasteiger partial charge in [-0.05, 0) is 37.8 Å². The molecule has 36 heavy (non-hydrogen) atoms. The number of aromatic amines is 1. The van der Waals surface area contributed by atoms with Crippen LogP contribution in [-0.4, -0.2) is 43.7 Å². The number of nitrogens with one attached hydrogen (secondary N) is 2. The SMILES string of the molecule is O=C(NCC1(CO)CCCC1)c1ccccc1OCc1[nH]c2nc(C3=CCCC=C3)nn2c(=O)c1Cl. The van der Waals surface area contributed by atoms with Crippen molar-refractivity contribution in [1.82, 2.24) is 24.9 Å². The minimum atomic E-state index is -0.500. The Bertz CT molecular complexity index is 1400. The Morgan fingerprint density at radius 2 is 2.06 bits per heavy atom. The molecule has 0 unspecified atom stereocenters. The van der Waals surface area contributed by atoms with Gasteiger partial charge in [0.1, 0.15) is 17.4 Å². The summed E-state index contributed by atoms with van der Waals surface area (Å²) in [7, 11) is 0. The third-order valence-corrected chi connectivity index (χ3v) is 7.29. The third kappa shape index (κ3) is 4.81. The predicted molar refractivity (Wildman–Crippen MR) is 136 cm³/mol. The Labute approximate surface area is 212 Å². The fourth-order valence-electron chi connectivity index (χ4n) is 4.76. The highest BCUT2D eigenvalue weighted by Gasteiger charge is 2.33. The molecule has 1 aromatic carbocycles. The zero-order valence-electron chi connectivity index (χ0n) is 19.8. The van der Waals surface area contributed by atoms with Crippen molar-refractivity contribution in [2.24, 2.45) is 5.41 Å². The normalized spacial score (nSPS) is 16.8. The molecule has 2 aromatic heterocycles. The molecule has 0 bridgehead atoms. The number of hydrogen-bond donors (Lipinski definition) is 3. The first-order valence-corrected chi connectivity index (χ1v) is 12.5. The second-order valence-electron chi connectivity index (χ2n) is 9.37. The lowest BCUT2D eigenvalue weighted by Crippen LogP contribution is -2.38. The highest BCUT2D eigenvalue weighted by molar-refractivity contribution is 6.31. The maximum atomic E-state index is 13.0. The number of aliphatic hydroxyl groups excluding tert-OH is 1. The Kier molecular flexibility index (Phi) is 6.93. The predicted octanol–water partition coefficient (Wildman–Crippen LogP) is 3.67. The molecule has 9 nitrogen and oxygen atoms in total. The van der Waals surface area contributed by atoms with E-state index in [2.05, 4.69) is 20.4 Å². The summed E-state index contributed by atoms with van der Waals surface area (Å²) in [6.45, 7) is 0.394. The molecular weight excluding hydrogens is 482 g/mol. The Morgan fingerprint density at radius 1 is 1.25 bits per heavy atom. The lowest BCUT2D eigenvalue weighted by Gasteiger charge is -2.26. The van der Waals surface area contributed by atoms with E-state index in [-0.39, 0.29) is 35.3 Å². The molecule has 0 radical (unpaired) electrons. The van der Waals surface area contributed by atoms with Gasteiger partial charge in [-0.2, -0.15) is 9.50 Å². The minimum absolute atomic E-state index is 0.0533. The number of nitrogens with zero attached hydrogens (tertiary/aromatic N) is 3. The number of ether oxygens (including phenoxy) is 1. The van der Waals surface area contributed by atoms with Crippen LogP contribution < -0.4 is 15.6 Å². The zero-order valence-corrected chi connectivity index (χ0v) is 20.6. The van der Waals surface area contributed by atoms with Gasteiger partial charge < -0.3 is 20.1 Å². The Morgan fingerprint density at radius 3 is 2.81 bits per heavy atom. The number of benzene rings is 1. The average molecular weight is 510 g/mol.